The number of ether oxygens (including phenoxy) is 2. The number of halogens is 2. The Bertz CT molecular complexity index is 1040. The van der Waals surface area contributed by atoms with Crippen LogP contribution in [0.2, 0.25) is 0 Å². The first-order chi connectivity index (χ1) is 18.5. The highest BCUT2D eigenvalue weighted by Gasteiger charge is 2.27. The molecule has 0 spiro atoms. The first-order valence-electron chi connectivity index (χ1n) is 14.0. The van der Waals surface area contributed by atoms with Crippen LogP contribution in [0.1, 0.15) is 90.9 Å². The van der Waals surface area contributed by atoms with Gasteiger partial charge in [0.1, 0.15) is 0 Å². The SMILES string of the molecule is CCCCCCCCOc1c(OCCCCCCCC)c(-c2ccc(Br)s2)c(N)c(N)c1-c1ccc(Br)s1. The zero-order chi connectivity index (χ0) is 27.3. The first-order valence-corrected chi connectivity index (χ1v) is 17.2. The van der Waals surface area contributed by atoms with Crippen LogP contribution in [0.3, 0.4) is 0 Å². The first kappa shape index (κ1) is 31.3. The van der Waals surface area contributed by atoms with Crippen LogP contribution in [-0.4, -0.2) is 13.2 Å². The van der Waals surface area contributed by atoms with Crippen LogP contribution in [-0.2, 0) is 0 Å². The second-order valence-corrected chi connectivity index (χ2v) is 14.6. The molecule has 0 aliphatic rings. The van der Waals surface area contributed by atoms with Crippen molar-refractivity contribution in [2.75, 3.05) is 24.7 Å². The van der Waals surface area contributed by atoms with Gasteiger partial charge in [0, 0.05) is 9.75 Å². The Morgan fingerprint density at radius 2 is 0.947 bits per heavy atom. The highest BCUT2D eigenvalue weighted by Crippen LogP contribution is 2.55. The molecule has 2 heterocycles. The molecule has 0 saturated carbocycles. The van der Waals surface area contributed by atoms with Crippen molar-refractivity contribution < 1.29 is 9.47 Å². The van der Waals surface area contributed by atoms with Gasteiger partial charge in [-0.15, -0.1) is 22.7 Å². The minimum absolute atomic E-state index is 0.545. The molecule has 0 unspecified atom stereocenters. The normalized spacial score (nSPS) is 11.3. The molecule has 8 heteroatoms. The minimum atomic E-state index is 0.545. The van der Waals surface area contributed by atoms with Crippen molar-refractivity contribution in [2.24, 2.45) is 0 Å². The van der Waals surface area contributed by atoms with Gasteiger partial charge in [0.2, 0.25) is 0 Å². The van der Waals surface area contributed by atoms with Crippen molar-refractivity contribution >= 4 is 65.9 Å². The molecule has 0 bridgehead atoms. The average Bonchev–Trinajstić information content (AvgIpc) is 3.53. The van der Waals surface area contributed by atoms with Crippen LogP contribution in [0.4, 0.5) is 11.4 Å². The summed E-state index contributed by atoms with van der Waals surface area (Å²) in [6, 6.07) is 8.20. The van der Waals surface area contributed by atoms with Crippen molar-refractivity contribution in [1.82, 2.24) is 0 Å². The molecule has 210 valence electrons. The van der Waals surface area contributed by atoms with Crippen LogP contribution < -0.4 is 20.9 Å². The van der Waals surface area contributed by atoms with E-state index in [0.717, 1.165) is 54.1 Å². The molecule has 3 aromatic rings. The predicted molar refractivity (Wildman–Crippen MR) is 175 cm³/mol. The van der Waals surface area contributed by atoms with Crippen molar-refractivity contribution in [1.29, 1.82) is 0 Å². The lowest BCUT2D eigenvalue weighted by Crippen LogP contribution is -2.09. The summed E-state index contributed by atoms with van der Waals surface area (Å²) in [7, 11) is 0. The standard InChI is InChI=1S/C30H42Br2N2O2S2/c1-3-5-7-9-11-13-19-35-29-25(21-15-17-23(31)37-21)27(33)28(34)26(22-16-18-24(32)38-22)30(29)36-20-14-12-10-8-6-4-2/h15-18H,3-14,19-20,33-34H2,1-2H3. The third-order valence-electron chi connectivity index (χ3n) is 6.62. The maximum Gasteiger partial charge on any atom is 0.172 e. The quantitative estimate of drug-likeness (QED) is 0.103. The van der Waals surface area contributed by atoms with E-state index in [1.165, 1.54) is 51.4 Å². The number of thiophene rings is 2. The maximum atomic E-state index is 6.77. The van der Waals surface area contributed by atoms with Gasteiger partial charge in [0.25, 0.3) is 0 Å². The summed E-state index contributed by atoms with van der Waals surface area (Å²) >= 11 is 10.5. The van der Waals surface area contributed by atoms with Gasteiger partial charge in [-0.1, -0.05) is 78.1 Å². The van der Waals surface area contributed by atoms with Crippen molar-refractivity contribution in [3.05, 3.63) is 31.8 Å². The van der Waals surface area contributed by atoms with E-state index in [0.29, 0.717) is 36.1 Å². The smallest absolute Gasteiger partial charge is 0.172 e. The fourth-order valence-corrected chi connectivity index (χ4v) is 7.40. The Kier molecular flexibility index (Phi) is 13.8. The average molecular weight is 687 g/mol. The number of benzene rings is 1. The van der Waals surface area contributed by atoms with E-state index in [1.54, 1.807) is 22.7 Å². The van der Waals surface area contributed by atoms with E-state index in [-0.39, 0.29) is 0 Å². The van der Waals surface area contributed by atoms with E-state index >= 15 is 0 Å². The second-order valence-electron chi connectivity index (χ2n) is 9.68. The Morgan fingerprint density at radius 3 is 1.29 bits per heavy atom. The molecule has 1 aromatic carbocycles. The number of nitrogen functional groups attached to an aromatic ring is 2. The summed E-state index contributed by atoms with van der Waals surface area (Å²) in [6.45, 7) is 5.73. The fraction of sp³-hybridized carbons (Fsp3) is 0.533. The predicted octanol–water partition coefficient (Wildman–Crippen LogP) is 11.3. The largest absolute Gasteiger partial charge is 0.489 e. The molecule has 0 aliphatic carbocycles. The van der Waals surface area contributed by atoms with E-state index in [9.17, 15) is 0 Å². The van der Waals surface area contributed by atoms with Gasteiger partial charge >= 0.3 is 0 Å². The van der Waals surface area contributed by atoms with E-state index in [2.05, 4.69) is 57.8 Å². The van der Waals surface area contributed by atoms with Gasteiger partial charge in [-0.05, 0) is 69.0 Å². The molecule has 0 aliphatic heterocycles. The Morgan fingerprint density at radius 1 is 0.579 bits per heavy atom. The number of anilines is 2. The van der Waals surface area contributed by atoms with Crippen LogP contribution in [0.5, 0.6) is 11.5 Å². The summed E-state index contributed by atoms with van der Waals surface area (Å²) in [5.41, 5.74) is 16.3. The van der Waals surface area contributed by atoms with Crippen molar-refractivity contribution in [3.63, 3.8) is 0 Å². The number of nitrogens with two attached hydrogens (primary N) is 2. The molecule has 3 rings (SSSR count). The Labute approximate surface area is 253 Å². The molecule has 0 atom stereocenters. The lowest BCUT2D eigenvalue weighted by Gasteiger charge is -2.23. The molecule has 4 N–H and O–H groups in total. The zero-order valence-electron chi connectivity index (χ0n) is 22.8. The zero-order valence-corrected chi connectivity index (χ0v) is 27.6. The Balaban J connectivity index is 1.95. The van der Waals surface area contributed by atoms with Gasteiger partial charge in [0.15, 0.2) is 11.5 Å². The summed E-state index contributed by atoms with van der Waals surface area (Å²) < 4.78 is 15.2. The molecule has 0 fully saturated rings. The van der Waals surface area contributed by atoms with Crippen LogP contribution in [0, 0.1) is 0 Å². The number of hydrogen-bond donors (Lipinski definition) is 2. The summed E-state index contributed by atoms with van der Waals surface area (Å²) in [6.07, 6.45) is 14.4. The topological polar surface area (TPSA) is 70.5 Å². The summed E-state index contributed by atoms with van der Waals surface area (Å²) in [4.78, 5) is 2.03. The number of unbranched alkanes of at least 4 members (excludes halogenated alkanes) is 10. The lowest BCUT2D eigenvalue weighted by atomic mass is 10.0. The summed E-state index contributed by atoms with van der Waals surface area (Å²) in [5.74, 6) is 1.43. The van der Waals surface area contributed by atoms with Gasteiger partial charge in [-0.25, -0.2) is 0 Å². The highest BCUT2D eigenvalue weighted by molar-refractivity contribution is 9.11. The molecule has 2 aromatic heterocycles. The third-order valence-corrected chi connectivity index (χ3v) is 9.90. The molecule has 38 heavy (non-hydrogen) atoms. The molecule has 4 nitrogen and oxygen atoms in total. The van der Waals surface area contributed by atoms with Crippen molar-refractivity contribution in [3.8, 4) is 32.4 Å². The van der Waals surface area contributed by atoms with E-state index in [1.807, 2.05) is 12.1 Å². The van der Waals surface area contributed by atoms with E-state index in [4.69, 9.17) is 20.9 Å². The number of hydrogen-bond acceptors (Lipinski definition) is 6. The molecule has 0 saturated heterocycles. The fourth-order valence-electron chi connectivity index (χ4n) is 4.52. The second kappa shape index (κ2) is 16.8. The number of rotatable bonds is 18. The molecular formula is C30H42Br2N2O2S2. The van der Waals surface area contributed by atoms with Gasteiger partial charge in [0.05, 0.1) is 43.3 Å². The minimum Gasteiger partial charge on any atom is -0.489 e. The third kappa shape index (κ3) is 8.90. The lowest BCUT2D eigenvalue weighted by molar-refractivity contribution is 0.260. The van der Waals surface area contributed by atoms with Crippen LogP contribution in [0.15, 0.2) is 31.8 Å². The van der Waals surface area contributed by atoms with Gasteiger partial charge in [-0.2, -0.15) is 0 Å². The van der Waals surface area contributed by atoms with Crippen LogP contribution in [0.25, 0.3) is 20.9 Å². The highest BCUT2D eigenvalue weighted by atomic mass is 79.9. The molecule has 0 radical (unpaired) electrons. The Hall–Kier alpha value is -1.22. The molecule has 0 amide bonds. The van der Waals surface area contributed by atoms with E-state index < -0.39 is 0 Å². The maximum absolute atomic E-state index is 6.77. The van der Waals surface area contributed by atoms with Crippen LogP contribution >= 0.6 is 54.5 Å². The summed E-state index contributed by atoms with van der Waals surface area (Å²) in [5, 5.41) is 0. The van der Waals surface area contributed by atoms with Gasteiger partial charge in [-0.3, -0.25) is 0 Å². The molecular weight excluding hydrogens is 644 g/mol. The van der Waals surface area contributed by atoms with Gasteiger partial charge < -0.3 is 20.9 Å². The van der Waals surface area contributed by atoms with Crippen molar-refractivity contribution in [2.45, 2.75) is 90.9 Å². The monoisotopic (exact) mass is 684 g/mol.